The van der Waals surface area contributed by atoms with Gasteiger partial charge in [0.1, 0.15) is 17.3 Å². The first-order valence-electron chi connectivity index (χ1n) is 16.3. The van der Waals surface area contributed by atoms with Gasteiger partial charge in [-0.3, -0.25) is 9.59 Å². The van der Waals surface area contributed by atoms with E-state index in [9.17, 15) is 14.9 Å². The zero-order valence-corrected chi connectivity index (χ0v) is 27.2. The summed E-state index contributed by atoms with van der Waals surface area (Å²) in [5.41, 5.74) is 3.10. The fourth-order valence-electron chi connectivity index (χ4n) is 5.66. The van der Waals surface area contributed by atoms with Crippen molar-refractivity contribution in [3.8, 4) is 6.07 Å². The van der Waals surface area contributed by atoms with E-state index in [1.807, 2.05) is 45.0 Å². The van der Waals surface area contributed by atoms with Gasteiger partial charge in [-0.25, -0.2) is 0 Å². The van der Waals surface area contributed by atoms with Gasteiger partial charge in [-0.1, -0.05) is 79.6 Å². The molecule has 230 valence electrons. The topological polar surface area (TPSA) is 90.8 Å². The molecule has 2 unspecified atom stereocenters. The molecule has 1 aromatic carbocycles. The van der Waals surface area contributed by atoms with Crippen LogP contribution in [0, 0.1) is 30.1 Å². The summed E-state index contributed by atoms with van der Waals surface area (Å²) in [6.45, 7) is 16.7. The van der Waals surface area contributed by atoms with Crippen molar-refractivity contribution >= 4 is 17.3 Å². The highest BCUT2D eigenvalue weighted by Gasteiger charge is 2.23. The maximum absolute atomic E-state index is 13.8. The maximum atomic E-state index is 13.8. The zero-order chi connectivity index (χ0) is 31.1. The predicted octanol–water partition coefficient (Wildman–Crippen LogP) is 9.29. The fraction of sp³-hybridized carbons (Fsp3) is 0.629. The van der Waals surface area contributed by atoms with E-state index in [1.165, 1.54) is 25.7 Å². The molecule has 0 bridgehead atoms. The number of amides is 1. The summed E-state index contributed by atoms with van der Waals surface area (Å²) < 4.78 is 1.58. The van der Waals surface area contributed by atoms with Crippen LogP contribution in [0.2, 0.25) is 0 Å². The molecule has 0 spiro atoms. The lowest BCUT2D eigenvalue weighted by atomic mass is 9.95. The van der Waals surface area contributed by atoms with Crippen LogP contribution in [0.3, 0.4) is 0 Å². The van der Waals surface area contributed by atoms with E-state index in [0.717, 1.165) is 45.2 Å². The number of carbonyl (C=O) groups is 1. The average Bonchev–Trinajstić information content (AvgIpc) is 3.00. The highest BCUT2D eigenvalue weighted by atomic mass is 16.2. The van der Waals surface area contributed by atoms with Crippen molar-refractivity contribution in [3.05, 3.63) is 57.0 Å². The van der Waals surface area contributed by atoms with Crippen molar-refractivity contribution in [2.75, 3.05) is 13.1 Å². The molecule has 0 radical (unpaired) electrons. The second-order valence-electron chi connectivity index (χ2n) is 11.5. The highest BCUT2D eigenvalue weighted by Crippen LogP contribution is 2.29. The molecule has 7 nitrogen and oxygen atoms in total. The van der Waals surface area contributed by atoms with Crippen molar-refractivity contribution in [1.82, 2.24) is 9.47 Å². The van der Waals surface area contributed by atoms with Gasteiger partial charge in [0, 0.05) is 36.5 Å². The minimum atomic E-state index is -0.271. The van der Waals surface area contributed by atoms with Crippen molar-refractivity contribution in [1.29, 1.82) is 5.26 Å². The Bertz CT molecular complexity index is 1240. The Morgan fingerprint density at radius 1 is 0.905 bits per heavy atom. The molecular weight excluding hydrogens is 522 g/mol. The van der Waals surface area contributed by atoms with E-state index in [-0.39, 0.29) is 17.0 Å². The molecule has 1 heterocycles. The molecule has 0 N–H and O–H groups in total. The Balaban J connectivity index is 2.38. The molecule has 0 fully saturated rings. The molecule has 0 saturated heterocycles. The molecular formula is C35H53N5O2. The van der Waals surface area contributed by atoms with E-state index in [2.05, 4.69) is 48.9 Å². The third-order valence-electron chi connectivity index (χ3n) is 8.43. The minimum Gasteiger partial charge on any atom is -0.338 e. The van der Waals surface area contributed by atoms with Crippen LogP contribution in [0.4, 0.5) is 11.4 Å². The molecule has 0 aliphatic heterocycles. The molecule has 1 aromatic heterocycles. The third-order valence-corrected chi connectivity index (χ3v) is 8.43. The van der Waals surface area contributed by atoms with Crippen LogP contribution in [-0.4, -0.2) is 28.5 Å². The first kappa shape index (κ1) is 34.9. The van der Waals surface area contributed by atoms with Crippen molar-refractivity contribution in [3.63, 3.8) is 0 Å². The normalized spacial score (nSPS) is 12.8. The van der Waals surface area contributed by atoms with Gasteiger partial charge in [-0.15, -0.1) is 5.11 Å². The number of nitrogens with zero attached hydrogens (tertiary/aromatic N) is 5. The second-order valence-corrected chi connectivity index (χ2v) is 11.5. The van der Waals surface area contributed by atoms with Crippen LogP contribution in [-0.2, 0) is 13.0 Å². The van der Waals surface area contributed by atoms with E-state index < -0.39 is 0 Å². The summed E-state index contributed by atoms with van der Waals surface area (Å²) in [5.74, 6) is 1.10. The van der Waals surface area contributed by atoms with Gasteiger partial charge in [-0.05, 0) is 69.2 Å². The van der Waals surface area contributed by atoms with Gasteiger partial charge in [0.25, 0.3) is 11.5 Å². The summed E-state index contributed by atoms with van der Waals surface area (Å²) in [6.07, 6.45) is 10.6. The quantitative estimate of drug-likeness (QED) is 0.166. The number of azo groups is 1. The van der Waals surface area contributed by atoms with E-state index in [1.54, 1.807) is 4.57 Å². The molecule has 0 saturated carbocycles. The molecule has 1 amide bonds. The number of hydrogen-bond acceptors (Lipinski definition) is 5. The molecule has 2 atom stereocenters. The lowest BCUT2D eigenvalue weighted by Crippen LogP contribution is -2.39. The van der Waals surface area contributed by atoms with Crippen LogP contribution >= 0.6 is 0 Å². The molecule has 0 aliphatic carbocycles. The minimum absolute atomic E-state index is 0.0816. The third kappa shape index (κ3) is 9.37. The Labute approximate surface area is 254 Å². The van der Waals surface area contributed by atoms with Crippen LogP contribution in [0.15, 0.2) is 39.3 Å². The number of aromatic nitrogens is 1. The van der Waals surface area contributed by atoms with Gasteiger partial charge in [-0.2, -0.15) is 10.4 Å². The number of hydrogen-bond donors (Lipinski definition) is 0. The van der Waals surface area contributed by atoms with Crippen molar-refractivity contribution in [2.45, 2.75) is 119 Å². The van der Waals surface area contributed by atoms with E-state index in [0.29, 0.717) is 53.0 Å². The van der Waals surface area contributed by atoms with Crippen molar-refractivity contribution in [2.24, 2.45) is 22.1 Å². The Morgan fingerprint density at radius 3 is 1.93 bits per heavy atom. The largest absolute Gasteiger partial charge is 0.338 e. The molecule has 2 aromatic rings. The van der Waals surface area contributed by atoms with Gasteiger partial charge in [0.15, 0.2) is 0 Å². The van der Waals surface area contributed by atoms with Crippen LogP contribution in [0.5, 0.6) is 0 Å². The standard InChI is InChI=1S/C35H53N5O2/c1-8-14-17-27(11-4)24-39(25-28(12-5)18-15-9-2)34(41)29-19-21-30(22-20-29)37-38-33-26(7)40(13-6)35(42)32(23-36)31(33)16-10-3/h19-22,27-28H,8-18,24-25H2,1-7H3/b38-37+. The van der Waals surface area contributed by atoms with Crippen LogP contribution < -0.4 is 5.56 Å². The summed E-state index contributed by atoms with van der Waals surface area (Å²) >= 11 is 0. The lowest BCUT2D eigenvalue weighted by Gasteiger charge is -2.31. The first-order valence-corrected chi connectivity index (χ1v) is 16.3. The highest BCUT2D eigenvalue weighted by molar-refractivity contribution is 5.94. The predicted molar refractivity (Wildman–Crippen MR) is 173 cm³/mol. The summed E-state index contributed by atoms with van der Waals surface area (Å²) in [5, 5.41) is 18.7. The SMILES string of the molecule is CCCCC(CC)CN(CC(CC)CCCC)C(=O)c1ccc(/N=N/c2c(CCC)c(C#N)c(=O)n(CC)c2C)cc1. The monoisotopic (exact) mass is 575 g/mol. The number of benzene rings is 1. The molecule has 2 rings (SSSR count). The van der Waals surface area contributed by atoms with Crippen molar-refractivity contribution < 1.29 is 4.79 Å². The van der Waals surface area contributed by atoms with E-state index >= 15 is 0 Å². The number of nitriles is 1. The number of pyridine rings is 1. The summed E-state index contributed by atoms with van der Waals surface area (Å²) in [6, 6.07) is 9.44. The smallest absolute Gasteiger partial charge is 0.269 e. The number of unbranched alkanes of at least 4 members (excludes halogenated alkanes) is 2. The van der Waals surface area contributed by atoms with Gasteiger partial charge in [0.05, 0.1) is 5.69 Å². The van der Waals surface area contributed by atoms with Gasteiger partial charge in [0.2, 0.25) is 0 Å². The number of carbonyl (C=O) groups excluding carboxylic acids is 1. The molecule has 7 heteroatoms. The molecule has 0 aliphatic rings. The Kier molecular flexibility index (Phi) is 15.2. The van der Waals surface area contributed by atoms with E-state index in [4.69, 9.17) is 0 Å². The van der Waals surface area contributed by atoms with Gasteiger partial charge >= 0.3 is 0 Å². The van der Waals surface area contributed by atoms with Crippen LogP contribution in [0.25, 0.3) is 0 Å². The fourth-order valence-corrected chi connectivity index (χ4v) is 5.66. The average molecular weight is 576 g/mol. The van der Waals surface area contributed by atoms with Gasteiger partial charge < -0.3 is 9.47 Å². The summed E-state index contributed by atoms with van der Waals surface area (Å²) in [4.78, 5) is 28.8. The molecule has 42 heavy (non-hydrogen) atoms. The Hall–Kier alpha value is -3.27. The number of rotatable bonds is 18. The lowest BCUT2D eigenvalue weighted by molar-refractivity contribution is 0.0685. The summed E-state index contributed by atoms with van der Waals surface area (Å²) in [7, 11) is 0. The zero-order valence-electron chi connectivity index (χ0n) is 27.2. The first-order chi connectivity index (χ1) is 20.3. The van der Waals surface area contributed by atoms with Crippen LogP contribution in [0.1, 0.15) is 127 Å². The second kappa shape index (κ2) is 18.3. The maximum Gasteiger partial charge on any atom is 0.269 e. The Morgan fingerprint density at radius 2 is 1.48 bits per heavy atom.